The van der Waals surface area contributed by atoms with Crippen LogP contribution in [0.1, 0.15) is 15.9 Å². The van der Waals surface area contributed by atoms with Crippen molar-refractivity contribution in [3.63, 3.8) is 0 Å². The summed E-state index contributed by atoms with van der Waals surface area (Å²) in [6, 6.07) is 12.1. The summed E-state index contributed by atoms with van der Waals surface area (Å²) in [5, 5.41) is 19.5. The number of aliphatic carboxylic acids is 1. The van der Waals surface area contributed by atoms with Crippen LogP contribution in [0.15, 0.2) is 48.5 Å². The standard InChI is InChI=1S/C18H16N2O6/c21-17(22)14-10-19(11-14)9-12-1-7-16(8-2-12)26-18(23)13-3-5-15(6-4-13)20(24)25/h1-8,14H,9-11H2,(H,21,22). The summed E-state index contributed by atoms with van der Waals surface area (Å²) in [7, 11) is 0. The number of carboxylic acid groups (broad SMARTS) is 1. The first kappa shape index (κ1) is 17.6. The molecule has 0 amide bonds. The summed E-state index contributed by atoms with van der Waals surface area (Å²) in [5.74, 6) is -1.30. The van der Waals surface area contributed by atoms with Gasteiger partial charge in [-0.25, -0.2) is 4.79 Å². The van der Waals surface area contributed by atoms with E-state index in [2.05, 4.69) is 0 Å². The van der Waals surface area contributed by atoms with Gasteiger partial charge in [0.15, 0.2) is 0 Å². The summed E-state index contributed by atoms with van der Waals surface area (Å²) in [6.07, 6.45) is 0. The van der Waals surface area contributed by atoms with Crippen LogP contribution in [0.25, 0.3) is 0 Å². The number of nitro groups is 1. The van der Waals surface area contributed by atoms with Gasteiger partial charge in [0.1, 0.15) is 5.75 Å². The van der Waals surface area contributed by atoms with Gasteiger partial charge in [-0.2, -0.15) is 0 Å². The number of hydrogen-bond acceptors (Lipinski definition) is 6. The highest BCUT2D eigenvalue weighted by molar-refractivity contribution is 5.91. The van der Waals surface area contributed by atoms with E-state index in [0.717, 1.165) is 5.56 Å². The Balaban J connectivity index is 1.54. The highest BCUT2D eigenvalue weighted by atomic mass is 16.6. The lowest BCUT2D eigenvalue weighted by Gasteiger charge is -2.36. The number of rotatable bonds is 6. The second-order valence-electron chi connectivity index (χ2n) is 6.07. The van der Waals surface area contributed by atoms with Crippen molar-refractivity contribution in [2.75, 3.05) is 13.1 Å². The van der Waals surface area contributed by atoms with Crippen LogP contribution in [0.5, 0.6) is 5.75 Å². The largest absolute Gasteiger partial charge is 0.481 e. The SMILES string of the molecule is O=C(Oc1ccc(CN2CC(C(=O)O)C2)cc1)c1ccc([N+](=O)[O-])cc1. The fourth-order valence-electron chi connectivity index (χ4n) is 2.66. The molecule has 0 aliphatic carbocycles. The highest BCUT2D eigenvalue weighted by Gasteiger charge is 2.32. The Bertz CT molecular complexity index is 826. The molecule has 0 unspecified atom stereocenters. The minimum absolute atomic E-state index is 0.0953. The molecule has 134 valence electrons. The van der Waals surface area contributed by atoms with Gasteiger partial charge in [-0.15, -0.1) is 0 Å². The summed E-state index contributed by atoms with van der Waals surface area (Å²) >= 11 is 0. The van der Waals surface area contributed by atoms with E-state index in [-0.39, 0.29) is 17.2 Å². The van der Waals surface area contributed by atoms with Gasteiger partial charge >= 0.3 is 11.9 Å². The van der Waals surface area contributed by atoms with E-state index < -0.39 is 16.9 Å². The molecule has 0 bridgehead atoms. The van der Waals surface area contributed by atoms with Crippen LogP contribution in [0.3, 0.4) is 0 Å². The Hall–Kier alpha value is -3.26. The van der Waals surface area contributed by atoms with Crippen molar-refractivity contribution >= 4 is 17.6 Å². The summed E-state index contributed by atoms with van der Waals surface area (Å²) in [6.45, 7) is 1.71. The van der Waals surface area contributed by atoms with Crippen LogP contribution >= 0.6 is 0 Å². The van der Waals surface area contributed by atoms with Gasteiger partial charge in [-0.3, -0.25) is 19.8 Å². The van der Waals surface area contributed by atoms with Crippen molar-refractivity contribution in [2.45, 2.75) is 6.54 Å². The van der Waals surface area contributed by atoms with E-state index in [1.54, 1.807) is 12.1 Å². The lowest BCUT2D eigenvalue weighted by atomic mass is 10.00. The van der Waals surface area contributed by atoms with E-state index in [1.807, 2.05) is 17.0 Å². The molecule has 8 nitrogen and oxygen atoms in total. The Morgan fingerprint density at radius 3 is 2.27 bits per heavy atom. The second kappa shape index (κ2) is 7.32. The van der Waals surface area contributed by atoms with Gasteiger partial charge in [-0.05, 0) is 29.8 Å². The molecule has 3 rings (SSSR count). The first-order chi connectivity index (χ1) is 12.4. The van der Waals surface area contributed by atoms with Crippen LogP contribution in [0, 0.1) is 16.0 Å². The maximum absolute atomic E-state index is 12.1. The smallest absolute Gasteiger partial charge is 0.343 e. The zero-order chi connectivity index (χ0) is 18.7. The first-order valence-corrected chi connectivity index (χ1v) is 7.93. The second-order valence-corrected chi connectivity index (χ2v) is 6.07. The predicted octanol–water partition coefficient (Wildman–Crippen LogP) is 2.33. The Kier molecular flexibility index (Phi) is 4.94. The Labute approximate surface area is 148 Å². The molecule has 1 fully saturated rings. The third-order valence-electron chi connectivity index (χ3n) is 4.16. The molecule has 0 radical (unpaired) electrons. The summed E-state index contributed by atoms with van der Waals surface area (Å²) in [5.41, 5.74) is 1.12. The first-order valence-electron chi connectivity index (χ1n) is 7.93. The molecular weight excluding hydrogens is 340 g/mol. The Morgan fingerprint density at radius 1 is 1.12 bits per heavy atom. The molecule has 1 aliphatic heterocycles. The predicted molar refractivity (Wildman–Crippen MR) is 90.9 cm³/mol. The lowest BCUT2D eigenvalue weighted by Crippen LogP contribution is -2.49. The average Bonchev–Trinajstić information content (AvgIpc) is 2.58. The molecule has 0 aromatic heterocycles. The molecule has 0 spiro atoms. The van der Waals surface area contributed by atoms with Gasteiger partial charge in [0.25, 0.3) is 5.69 Å². The topological polar surface area (TPSA) is 110 Å². The number of nitro benzene ring substituents is 1. The molecular formula is C18H16N2O6. The van der Waals surface area contributed by atoms with Crippen LogP contribution < -0.4 is 4.74 Å². The number of non-ortho nitro benzene ring substituents is 1. The quantitative estimate of drug-likeness (QED) is 0.366. The fraction of sp³-hybridized carbons (Fsp3) is 0.222. The molecule has 1 aliphatic rings. The van der Waals surface area contributed by atoms with Crippen molar-refractivity contribution in [1.82, 2.24) is 4.90 Å². The number of benzene rings is 2. The van der Waals surface area contributed by atoms with Crippen molar-refractivity contribution in [3.05, 3.63) is 69.8 Å². The number of carboxylic acids is 1. The lowest BCUT2D eigenvalue weighted by molar-refractivity contribution is -0.384. The maximum atomic E-state index is 12.1. The number of esters is 1. The van der Waals surface area contributed by atoms with Gasteiger partial charge in [0.05, 0.1) is 16.4 Å². The van der Waals surface area contributed by atoms with Crippen molar-refractivity contribution in [1.29, 1.82) is 0 Å². The summed E-state index contributed by atoms with van der Waals surface area (Å²) in [4.78, 5) is 34.9. The van der Waals surface area contributed by atoms with E-state index in [4.69, 9.17) is 9.84 Å². The number of ether oxygens (including phenoxy) is 1. The molecule has 26 heavy (non-hydrogen) atoms. The van der Waals surface area contributed by atoms with Crippen LogP contribution in [-0.4, -0.2) is 40.0 Å². The minimum Gasteiger partial charge on any atom is -0.481 e. The highest BCUT2D eigenvalue weighted by Crippen LogP contribution is 2.21. The van der Waals surface area contributed by atoms with Gasteiger partial charge in [0, 0.05) is 31.8 Å². The maximum Gasteiger partial charge on any atom is 0.343 e. The number of carbonyl (C=O) groups excluding carboxylic acids is 1. The van der Waals surface area contributed by atoms with E-state index in [1.165, 1.54) is 24.3 Å². The van der Waals surface area contributed by atoms with Crippen LogP contribution in [0.4, 0.5) is 5.69 Å². The van der Waals surface area contributed by atoms with Crippen LogP contribution in [0.2, 0.25) is 0 Å². The third kappa shape index (κ3) is 4.04. The van der Waals surface area contributed by atoms with Crippen molar-refractivity contribution in [3.8, 4) is 5.75 Å². The Morgan fingerprint density at radius 2 is 1.73 bits per heavy atom. The zero-order valence-corrected chi connectivity index (χ0v) is 13.7. The zero-order valence-electron chi connectivity index (χ0n) is 13.7. The van der Waals surface area contributed by atoms with E-state index in [9.17, 15) is 19.7 Å². The van der Waals surface area contributed by atoms with Gasteiger partial charge in [-0.1, -0.05) is 12.1 Å². The molecule has 1 saturated heterocycles. The van der Waals surface area contributed by atoms with Crippen LogP contribution in [-0.2, 0) is 11.3 Å². The number of carbonyl (C=O) groups is 2. The average molecular weight is 356 g/mol. The van der Waals surface area contributed by atoms with E-state index in [0.29, 0.717) is 25.4 Å². The third-order valence-corrected chi connectivity index (χ3v) is 4.16. The molecule has 0 atom stereocenters. The molecule has 2 aromatic carbocycles. The molecule has 0 saturated carbocycles. The summed E-state index contributed by atoms with van der Waals surface area (Å²) < 4.78 is 5.25. The van der Waals surface area contributed by atoms with Gasteiger partial charge < -0.3 is 9.84 Å². The number of nitrogens with zero attached hydrogens (tertiary/aromatic N) is 2. The fourth-order valence-corrected chi connectivity index (χ4v) is 2.66. The minimum atomic E-state index is -0.769. The van der Waals surface area contributed by atoms with E-state index >= 15 is 0 Å². The molecule has 2 aromatic rings. The molecule has 8 heteroatoms. The normalized spacial score (nSPS) is 14.5. The molecule has 1 N–H and O–H groups in total. The van der Waals surface area contributed by atoms with Gasteiger partial charge in [0.2, 0.25) is 0 Å². The number of hydrogen-bond donors (Lipinski definition) is 1. The number of likely N-dealkylation sites (tertiary alicyclic amines) is 1. The molecule has 1 heterocycles. The van der Waals surface area contributed by atoms with Crippen molar-refractivity contribution in [2.24, 2.45) is 5.92 Å². The monoisotopic (exact) mass is 356 g/mol. The van der Waals surface area contributed by atoms with Crippen molar-refractivity contribution < 1.29 is 24.4 Å².